The van der Waals surface area contributed by atoms with Crippen LogP contribution in [0.3, 0.4) is 0 Å². The number of nitrogens with one attached hydrogen (secondary N) is 1. The summed E-state index contributed by atoms with van der Waals surface area (Å²) in [5.41, 5.74) is 0.431. The molecule has 0 aromatic carbocycles. The summed E-state index contributed by atoms with van der Waals surface area (Å²) in [6.45, 7) is 1.62. The lowest BCUT2D eigenvalue weighted by molar-refractivity contribution is -0.140. The van der Waals surface area contributed by atoms with E-state index in [-0.39, 0.29) is 16.2 Å². The lowest BCUT2D eigenvalue weighted by Gasteiger charge is -2.26. The average molecular weight is 317 g/mol. The van der Waals surface area contributed by atoms with Crippen LogP contribution in [0, 0.1) is 12.8 Å². The van der Waals surface area contributed by atoms with Crippen LogP contribution in [0.25, 0.3) is 0 Å². The Labute approximate surface area is 120 Å². The van der Waals surface area contributed by atoms with Crippen molar-refractivity contribution in [2.24, 2.45) is 5.92 Å². The number of aryl methyl sites for hydroxylation is 1. The molecule has 1 aliphatic carbocycles. The van der Waals surface area contributed by atoms with Crippen molar-refractivity contribution in [3.05, 3.63) is 11.9 Å². The average Bonchev–Trinajstić information content (AvgIpc) is 2.95. The van der Waals surface area contributed by atoms with Crippen LogP contribution in [0.5, 0.6) is 0 Å². The molecule has 2 heterocycles. The van der Waals surface area contributed by atoms with Gasteiger partial charge in [-0.05, 0) is 25.7 Å². The summed E-state index contributed by atoms with van der Waals surface area (Å²) >= 11 is 1.42. The van der Waals surface area contributed by atoms with Crippen LogP contribution in [-0.4, -0.2) is 51.2 Å². The number of hydrogen-bond acceptors (Lipinski definition) is 5. The second-order valence-electron chi connectivity index (χ2n) is 5.11. The Morgan fingerprint density at radius 1 is 1.55 bits per heavy atom. The maximum Gasteiger partial charge on any atom is 0.322 e. The number of aliphatic carboxylic acids is 1. The summed E-state index contributed by atoms with van der Waals surface area (Å²) < 4.78 is 26.7. The number of carboxylic acid groups (broad SMARTS) is 1. The fraction of sp³-hybridized carbons (Fsp3) is 0.636. The first-order valence-electron chi connectivity index (χ1n) is 6.31. The number of thioether (sulfide) groups is 1. The molecule has 2 aliphatic rings. The highest BCUT2D eigenvalue weighted by atomic mass is 32.2. The number of nitrogens with zero attached hydrogens (tertiary/aromatic N) is 2. The maximum absolute atomic E-state index is 12.8. The van der Waals surface area contributed by atoms with E-state index in [2.05, 4.69) is 10.2 Å². The van der Waals surface area contributed by atoms with Crippen molar-refractivity contribution in [1.82, 2.24) is 14.5 Å². The standard InChI is InChI=1S/C11H15N3O4S2/c1-6-9(4-12-13-6)20(17,18)14-8(11(15)16)5-19-10(14)7-2-3-7/h4,7-8,10H,2-3,5H2,1H3,(H,12,13)(H,15,16). The van der Waals surface area contributed by atoms with Gasteiger partial charge in [0, 0.05) is 5.75 Å². The number of aromatic nitrogens is 2. The highest BCUT2D eigenvalue weighted by molar-refractivity contribution is 8.01. The van der Waals surface area contributed by atoms with Gasteiger partial charge in [0.1, 0.15) is 10.9 Å². The first-order chi connectivity index (χ1) is 9.43. The molecular weight excluding hydrogens is 302 g/mol. The fourth-order valence-corrected chi connectivity index (χ4v) is 6.37. The van der Waals surface area contributed by atoms with E-state index in [1.165, 1.54) is 22.3 Å². The number of aromatic amines is 1. The highest BCUT2D eigenvalue weighted by Crippen LogP contribution is 2.47. The van der Waals surface area contributed by atoms with Crippen molar-refractivity contribution in [3.8, 4) is 0 Å². The third kappa shape index (κ3) is 2.13. The molecule has 2 unspecified atom stereocenters. The summed E-state index contributed by atoms with van der Waals surface area (Å²) in [7, 11) is -3.84. The predicted molar refractivity (Wildman–Crippen MR) is 72.7 cm³/mol. The number of hydrogen-bond donors (Lipinski definition) is 2. The van der Waals surface area contributed by atoms with Crippen molar-refractivity contribution < 1.29 is 18.3 Å². The summed E-state index contributed by atoms with van der Waals surface area (Å²) in [5, 5.41) is 15.3. The minimum Gasteiger partial charge on any atom is -0.480 e. The van der Waals surface area contributed by atoms with Crippen LogP contribution >= 0.6 is 11.8 Å². The van der Waals surface area contributed by atoms with Crippen molar-refractivity contribution in [2.45, 2.75) is 36.1 Å². The van der Waals surface area contributed by atoms with Gasteiger partial charge in [-0.2, -0.15) is 9.40 Å². The number of sulfonamides is 1. The number of rotatable bonds is 4. The Bertz CT molecular complexity index is 638. The zero-order chi connectivity index (χ0) is 14.5. The van der Waals surface area contributed by atoms with E-state index in [9.17, 15) is 18.3 Å². The summed E-state index contributed by atoms with van der Waals surface area (Å²) in [5.74, 6) is -0.524. The molecule has 1 saturated carbocycles. The van der Waals surface area contributed by atoms with Gasteiger partial charge < -0.3 is 5.11 Å². The van der Waals surface area contributed by atoms with Gasteiger partial charge in [-0.15, -0.1) is 11.8 Å². The predicted octanol–water partition coefficient (Wildman–Crippen LogP) is 0.645. The molecule has 0 bridgehead atoms. The molecule has 0 spiro atoms. The smallest absolute Gasteiger partial charge is 0.322 e. The monoisotopic (exact) mass is 317 g/mol. The van der Waals surface area contributed by atoms with Gasteiger partial charge in [-0.3, -0.25) is 9.89 Å². The van der Waals surface area contributed by atoms with Crippen LogP contribution in [-0.2, 0) is 14.8 Å². The summed E-state index contributed by atoms with van der Waals surface area (Å²) in [4.78, 5) is 11.4. The van der Waals surface area contributed by atoms with E-state index in [1.807, 2.05) is 0 Å². The van der Waals surface area contributed by atoms with Gasteiger partial charge in [-0.1, -0.05) is 0 Å². The van der Waals surface area contributed by atoms with E-state index in [4.69, 9.17) is 0 Å². The molecule has 7 nitrogen and oxygen atoms in total. The molecule has 0 radical (unpaired) electrons. The van der Waals surface area contributed by atoms with Crippen LogP contribution in [0.15, 0.2) is 11.1 Å². The van der Waals surface area contributed by atoms with Gasteiger partial charge >= 0.3 is 5.97 Å². The van der Waals surface area contributed by atoms with E-state index >= 15 is 0 Å². The molecular formula is C11H15N3O4S2. The van der Waals surface area contributed by atoms with Gasteiger partial charge in [0.05, 0.1) is 17.3 Å². The second-order valence-corrected chi connectivity index (χ2v) is 8.07. The lowest BCUT2D eigenvalue weighted by atomic mass is 10.3. The molecule has 20 heavy (non-hydrogen) atoms. The van der Waals surface area contributed by atoms with E-state index in [1.54, 1.807) is 6.92 Å². The zero-order valence-corrected chi connectivity index (χ0v) is 12.4. The Morgan fingerprint density at radius 3 is 2.75 bits per heavy atom. The van der Waals surface area contributed by atoms with E-state index in [0.717, 1.165) is 12.8 Å². The summed E-state index contributed by atoms with van der Waals surface area (Å²) in [6, 6.07) is -0.995. The third-order valence-electron chi connectivity index (χ3n) is 3.63. The lowest BCUT2D eigenvalue weighted by Crippen LogP contribution is -2.46. The number of carboxylic acids is 1. The zero-order valence-electron chi connectivity index (χ0n) is 10.8. The first kappa shape index (κ1) is 13.9. The molecule has 110 valence electrons. The third-order valence-corrected chi connectivity index (χ3v) is 7.23. The second kappa shape index (κ2) is 4.74. The maximum atomic E-state index is 12.8. The van der Waals surface area contributed by atoms with E-state index in [0.29, 0.717) is 11.4 Å². The van der Waals surface area contributed by atoms with Crippen LogP contribution in [0.1, 0.15) is 18.5 Å². The van der Waals surface area contributed by atoms with Crippen LogP contribution < -0.4 is 0 Å². The normalized spacial score (nSPS) is 27.9. The Hall–Kier alpha value is -1.06. The van der Waals surface area contributed by atoms with Gasteiger partial charge in [0.2, 0.25) is 10.0 Å². The molecule has 2 N–H and O–H groups in total. The quantitative estimate of drug-likeness (QED) is 0.845. The van der Waals surface area contributed by atoms with Gasteiger partial charge in [-0.25, -0.2) is 8.42 Å². The topological polar surface area (TPSA) is 103 Å². The molecule has 9 heteroatoms. The SMILES string of the molecule is Cc1[nH]ncc1S(=O)(=O)N1C(C(=O)O)CSC1C1CC1. The summed E-state index contributed by atoms with van der Waals surface area (Å²) in [6.07, 6.45) is 3.16. The minimum absolute atomic E-state index is 0.0666. The molecule has 1 aliphatic heterocycles. The Kier molecular flexibility index (Phi) is 3.30. The van der Waals surface area contributed by atoms with Crippen LogP contribution in [0.4, 0.5) is 0 Å². The highest BCUT2D eigenvalue weighted by Gasteiger charge is 2.52. The largest absolute Gasteiger partial charge is 0.480 e. The number of carbonyl (C=O) groups is 1. The van der Waals surface area contributed by atoms with Crippen molar-refractivity contribution >= 4 is 27.8 Å². The van der Waals surface area contributed by atoms with Gasteiger partial charge in [0.15, 0.2) is 0 Å². The van der Waals surface area contributed by atoms with Crippen molar-refractivity contribution in [3.63, 3.8) is 0 Å². The number of H-pyrrole nitrogens is 1. The Balaban J connectivity index is 2.03. The van der Waals surface area contributed by atoms with Crippen molar-refractivity contribution in [2.75, 3.05) is 5.75 Å². The molecule has 1 aromatic rings. The molecule has 2 atom stereocenters. The van der Waals surface area contributed by atoms with Gasteiger partial charge in [0.25, 0.3) is 0 Å². The Morgan fingerprint density at radius 2 is 2.25 bits per heavy atom. The van der Waals surface area contributed by atoms with Crippen molar-refractivity contribution in [1.29, 1.82) is 0 Å². The molecule has 1 saturated heterocycles. The van der Waals surface area contributed by atoms with E-state index < -0.39 is 22.0 Å². The van der Waals surface area contributed by atoms with Crippen LogP contribution in [0.2, 0.25) is 0 Å². The molecule has 3 rings (SSSR count). The fourth-order valence-electron chi connectivity index (χ4n) is 2.44. The minimum atomic E-state index is -3.84. The molecule has 0 amide bonds. The molecule has 1 aromatic heterocycles. The molecule has 2 fully saturated rings. The first-order valence-corrected chi connectivity index (χ1v) is 8.79.